The SMILES string of the molecule is CCN(CC)C(C)CN1c2ccccc2Sc2ccccc21.Cl.O=C(O)CCCCCCCCCCCCC1C=CCC1. The van der Waals surface area contributed by atoms with Crippen LogP contribution in [0.4, 0.5) is 11.4 Å². The number of unbranched alkanes of at least 4 members (excludes halogenated alkanes) is 9. The highest BCUT2D eigenvalue weighted by atomic mass is 35.5. The Bertz CT molecular complexity index is 1030. The van der Waals surface area contributed by atoms with Gasteiger partial charge >= 0.3 is 5.97 Å². The average molecular weight is 629 g/mol. The molecular weight excluding hydrogens is 572 g/mol. The summed E-state index contributed by atoms with van der Waals surface area (Å²) in [7, 11) is 0. The third-order valence-electron chi connectivity index (χ3n) is 8.74. The molecule has 2 aliphatic rings. The van der Waals surface area contributed by atoms with E-state index in [9.17, 15) is 4.79 Å². The van der Waals surface area contributed by atoms with Crippen LogP contribution in [0.2, 0.25) is 0 Å². The number of likely N-dealkylation sites (N-methyl/N-ethyl adjacent to an activating group) is 1. The molecule has 1 N–H and O–H groups in total. The summed E-state index contributed by atoms with van der Waals surface area (Å²) in [5.41, 5.74) is 2.68. The van der Waals surface area contributed by atoms with E-state index in [1.807, 2.05) is 11.8 Å². The largest absolute Gasteiger partial charge is 0.481 e. The van der Waals surface area contributed by atoms with Crippen molar-refractivity contribution in [2.24, 2.45) is 5.92 Å². The molecule has 4 nitrogen and oxygen atoms in total. The number of para-hydroxylation sites is 2. The Labute approximate surface area is 273 Å². The number of hydrogen-bond acceptors (Lipinski definition) is 4. The number of hydrogen-bond donors (Lipinski definition) is 1. The number of benzene rings is 2. The predicted molar refractivity (Wildman–Crippen MR) is 189 cm³/mol. The van der Waals surface area contributed by atoms with E-state index in [2.05, 4.69) is 91.3 Å². The third kappa shape index (κ3) is 13.3. The topological polar surface area (TPSA) is 43.8 Å². The first-order chi connectivity index (χ1) is 20.5. The summed E-state index contributed by atoms with van der Waals surface area (Å²) < 4.78 is 0. The number of nitrogens with zero attached hydrogens (tertiary/aromatic N) is 2. The van der Waals surface area contributed by atoms with Gasteiger partial charge in [0.2, 0.25) is 0 Å². The van der Waals surface area contributed by atoms with Gasteiger partial charge in [0.1, 0.15) is 0 Å². The summed E-state index contributed by atoms with van der Waals surface area (Å²) in [5.74, 6) is 0.235. The van der Waals surface area contributed by atoms with Crippen molar-refractivity contribution in [1.29, 1.82) is 0 Å². The first-order valence-electron chi connectivity index (χ1n) is 16.8. The Morgan fingerprint density at radius 2 is 1.37 bits per heavy atom. The zero-order valence-electron chi connectivity index (χ0n) is 27.0. The molecule has 1 heterocycles. The number of aliphatic carboxylic acids is 1. The van der Waals surface area contributed by atoms with Gasteiger partial charge in [-0.2, -0.15) is 0 Å². The minimum Gasteiger partial charge on any atom is -0.481 e. The molecule has 2 aromatic rings. The fraction of sp³-hybridized carbons (Fsp3) is 0.595. The molecule has 0 saturated heterocycles. The van der Waals surface area contributed by atoms with Crippen molar-refractivity contribution in [1.82, 2.24) is 4.90 Å². The zero-order chi connectivity index (χ0) is 30.0. The summed E-state index contributed by atoms with van der Waals surface area (Å²) in [4.78, 5) is 18.1. The smallest absolute Gasteiger partial charge is 0.303 e. The number of carbonyl (C=O) groups is 1. The number of carboxylic acid groups (broad SMARTS) is 1. The van der Waals surface area contributed by atoms with Gasteiger partial charge in [-0.05, 0) is 75.9 Å². The predicted octanol–water partition coefficient (Wildman–Crippen LogP) is 11.2. The molecule has 240 valence electrons. The maximum Gasteiger partial charge on any atom is 0.303 e. The van der Waals surface area contributed by atoms with E-state index in [1.54, 1.807) is 0 Å². The average Bonchev–Trinajstić information content (AvgIpc) is 3.52. The van der Waals surface area contributed by atoms with Crippen molar-refractivity contribution in [2.75, 3.05) is 24.5 Å². The quantitative estimate of drug-likeness (QED) is 0.131. The molecule has 2 aromatic carbocycles. The summed E-state index contributed by atoms with van der Waals surface area (Å²) >= 11 is 1.88. The maximum absolute atomic E-state index is 10.3. The van der Waals surface area contributed by atoms with Crippen molar-refractivity contribution >= 4 is 41.5 Å². The molecule has 6 heteroatoms. The van der Waals surface area contributed by atoms with Crippen LogP contribution in [0.25, 0.3) is 0 Å². The zero-order valence-corrected chi connectivity index (χ0v) is 28.6. The van der Waals surface area contributed by atoms with Gasteiger partial charge in [-0.15, -0.1) is 12.4 Å². The monoisotopic (exact) mass is 628 g/mol. The standard InChI is InChI=1S/C19H24N2S.C18H32O2.ClH/c1-4-20(5-2)15(3)14-21-16-10-6-8-12-18(16)22-19-13-9-7-11-17(19)21;19-18(20)16-10-8-6-4-2-1-3-5-7-9-13-17-14-11-12-15-17;/h6-13,15H,4-5,14H2,1-3H3;11,14,17H,1-10,12-13,15-16H2,(H,19,20);1H. The van der Waals surface area contributed by atoms with Crippen LogP contribution in [0.5, 0.6) is 0 Å². The molecule has 0 radical (unpaired) electrons. The number of rotatable bonds is 18. The van der Waals surface area contributed by atoms with E-state index >= 15 is 0 Å². The Hall–Kier alpha value is -1.95. The maximum atomic E-state index is 10.3. The molecule has 2 atom stereocenters. The van der Waals surface area contributed by atoms with Gasteiger partial charge in [0.05, 0.1) is 11.4 Å². The number of halogens is 1. The van der Waals surface area contributed by atoms with Crippen molar-refractivity contribution in [3.8, 4) is 0 Å². The number of carboxylic acids is 1. The first kappa shape index (κ1) is 37.2. The molecule has 1 aliphatic carbocycles. The van der Waals surface area contributed by atoms with Crippen LogP contribution in [0.1, 0.15) is 111 Å². The summed E-state index contributed by atoms with van der Waals surface area (Å²) in [6.07, 6.45) is 21.9. The van der Waals surface area contributed by atoms with Crippen molar-refractivity contribution < 1.29 is 9.90 Å². The highest BCUT2D eigenvalue weighted by Crippen LogP contribution is 2.47. The molecule has 0 spiro atoms. The van der Waals surface area contributed by atoms with Gasteiger partial charge in [-0.25, -0.2) is 0 Å². The minimum atomic E-state index is -0.655. The van der Waals surface area contributed by atoms with Crippen molar-refractivity contribution in [3.05, 3.63) is 60.7 Å². The lowest BCUT2D eigenvalue weighted by atomic mass is 9.99. The van der Waals surface area contributed by atoms with Gasteiger partial charge in [-0.3, -0.25) is 9.69 Å². The highest BCUT2D eigenvalue weighted by Gasteiger charge is 2.25. The second-order valence-corrected chi connectivity index (χ2v) is 13.0. The lowest BCUT2D eigenvalue weighted by Crippen LogP contribution is -2.41. The normalized spacial score (nSPS) is 15.7. The van der Waals surface area contributed by atoms with Gasteiger partial charge in [-0.1, -0.05) is 120 Å². The Morgan fingerprint density at radius 3 is 1.86 bits per heavy atom. The molecule has 0 saturated carbocycles. The highest BCUT2D eigenvalue weighted by molar-refractivity contribution is 7.99. The number of anilines is 2. The Morgan fingerprint density at radius 1 is 0.860 bits per heavy atom. The van der Waals surface area contributed by atoms with E-state index in [4.69, 9.17) is 5.11 Å². The van der Waals surface area contributed by atoms with Crippen molar-refractivity contribution in [2.45, 2.75) is 126 Å². The summed E-state index contributed by atoms with van der Waals surface area (Å²) in [6.45, 7) is 10.0. The second-order valence-electron chi connectivity index (χ2n) is 12.0. The van der Waals surface area contributed by atoms with E-state index in [0.29, 0.717) is 12.5 Å². The van der Waals surface area contributed by atoms with Crippen LogP contribution in [-0.2, 0) is 4.79 Å². The molecular formula is C37H57ClN2O2S. The van der Waals surface area contributed by atoms with E-state index in [0.717, 1.165) is 38.4 Å². The lowest BCUT2D eigenvalue weighted by Gasteiger charge is -2.37. The van der Waals surface area contributed by atoms with Gasteiger partial charge in [0, 0.05) is 28.8 Å². The van der Waals surface area contributed by atoms with Crippen LogP contribution in [0.3, 0.4) is 0 Å². The number of fused-ring (bicyclic) bond motifs is 2. The molecule has 0 amide bonds. The van der Waals surface area contributed by atoms with Crippen molar-refractivity contribution in [3.63, 3.8) is 0 Å². The molecule has 0 aromatic heterocycles. The van der Waals surface area contributed by atoms with Crippen LogP contribution >= 0.6 is 24.2 Å². The fourth-order valence-electron chi connectivity index (χ4n) is 6.24. The fourth-order valence-corrected chi connectivity index (χ4v) is 7.33. The second kappa shape index (κ2) is 21.7. The van der Waals surface area contributed by atoms with Crippen LogP contribution in [0.15, 0.2) is 70.5 Å². The number of allylic oxidation sites excluding steroid dienone is 2. The van der Waals surface area contributed by atoms with Crippen LogP contribution in [-0.4, -0.2) is 41.7 Å². The van der Waals surface area contributed by atoms with Gasteiger partial charge in [0.25, 0.3) is 0 Å². The molecule has 4 rings (SSSR count). The summed E-state index contributed by atoms with van der Waals surface area (Å²) in [6, 6.07) is 18.0. The Balaban J connectivity index is 0.000000295. The first-order valence-corrected chi connectivity index (χ1v) is 17.6. The minimum absolute atomic E-state index is 0. The lowest BCUT2D eigenvalue weighted by molar-refractivity contribution is -0.137. The molecule has 0 fully saturated rings. The molecule has 1 aliphatic heterocycles. The van der Waals surface area contributed by atoms with E-state index in [-0.39, 0.29) is 12.4 Å². The van der Waals surface area contributed by atoms with E-state index in [1.165, 1.54) is 91.8 Å². The molecule has 43 heavy (non-hydrogen) atoms. The van der Waals surface area contributed by atoms with Crippen LogP contribution < -0.4 is 4.90 Å². The summed E-state index contributed by atoms with van der Waals surface area (Å²) in [5, 5.41) is 8.52. The van der Waals surface area contributed by atoms with Gasteiger partial charge in [0.15, 0.2) is 0 Å². The van der Waals surface area contributed by atoms with Crippen LogP contribution in [0, 0.1) is 5.92 Å². The third-order valence-corrected chi connectivity index (χ3v) is 9.87. The van der Waals surface area contributed by atoms with Gasteiger partial charge < -0.3 is 10.0 Å². The van der Waals surface area contributed by atoms with E-state index < -0.39 is 5.97 Å². The molecule has 0 bridgehead atoms. The Kier molecular flexibility index (Phi) is 18.8. The molecule has 2 unspecified atom stereocenters.